The van der Waals surface area contributed by atoms with Crippen LogP contribution in [0, 0.1) is 5.41 Å². The van der Waals surface area contributed by atoms with Gasteiger partial charge in [0.2, 0.25) is 0 Å². The lowest BCUT2D eigenvalue weighted by atomic mass is 9.79. The Morgan fingerprint density at radius 2 is 1.33 bits per heavy atom. The quantitative estimate of drug-likeness (QED) is 0.533. The molecule has 2 rings (SSSR count). The predicted octanol–water partition coefficient (Wildman–Crippen LogP) is 3.23. The van der Waals surface area contributed by atoms with Crippen LogP contribution in [0.1, 0.15) is 22.8 Å². The highest BCUT2D eigenvalue weighted by molar-refractivity contribution is 5.38. The van der Waals surface area contributed by atoms with Crippen LogP contribution >= 0.6 is 0 Å². The molecule has 0 aliphatic heterocycles. The Morgan fingerprint density at radius 1 is 0.815 bits per heavy atom. The maximum absolute atomic E-state index is 10.0. The molecule has 1 unspecified atom stereocenters. The van der Waals surface area contributed by atoms with Crippen molar-refractivity contribution in [3.8, 4) is 5.75 Å². The lowest BCUT2D eigenvalue weighted by Crippen LogP contribution is -2.43. The van der Waals surface area contributed by atoms with E-state index in [9.17, 15) is 15.3 Å². The summed E-state index contributed by atoms with van der Waals surface area (Å²) < 4.78 is 6.35. The minimum absolute atomic E-state index is 0.420. The van der Waals surface area contributed by atoms with Gasteiger partial charge in [-0.05, 0) is 35.6 Å². The van der Waals surface area contributed by atoms with Gasteiger partial charge in [0.05, 0.1) is 25.2 Å². The van der Waals surface area contributed by atoms with Crippen molar-refractivity contribution < 1.29 is 20.1 Å². The zero-order chi connectivity index (χ0) is 19.7. The molecule has 1 atom stereocenters. The molecular formula is C23H28O4. The van der Waals surface area contributed by atoms with Gasteiger partial charge in [-0.2, -0.15) is 0 Å². The monoisotopic (exact) mass is 368 g/mol. The molecule has 0 amide bonds. The third-order valence-electron chi connectivity index (χ3n) is 4.78. The van der Waals surface area contributed by atoms with Gasteiger partial charge in [-0.15, -0.1) is 13.2 Å². The van der Waals surface area contributed by atoms with Gasteiger partial charge in [0.1, 0.15) is 11.9 Å². The van der Waals surface area contributed by atoms with Crippen LogP contribution in [0.5, 0.6) is 5.75 Å². The fraction of sp³-hybridized carbons (Fsp3) is 0.304. The Kier molecular flexibility index (Phi) is 7.80. The Morgan fingerprint density at radius 3 is 1.93 bits per heavy atom. The van der Waals surface area contributed by atoms with Crippen molar-refractivity contribution in [1.82, 2.24) is 0 Å². The number of hydrogen-bond acceptors (Lipinski definition) is 4. The molecule has 0 spiro atoms. The number of aliphatic hydroxyl groups is 3. The molecule has 2 aromatic rings. The largest absolute Gasteiger partial charge is 0.485 e. The van der Waals surface area contributed by atoms with E-state index in [4.69, 9.17) is 4.74 Å². The SMILES string of the molecule is C=CCc1ccccc1OC(c1ccccc1CC=C)C(CO)(CO)CO. The molecule has 0 saturated heterocycles. The van der Waals surface area contributed by atoms with E-state index in [-0.39, 0.29) is 0 Å². The first-order chi connectivity index (χ1) is 13.2. The predicted molar refractivity (Wildman–Crippen MR) is 108 cm³/mol. The molecule has 0 aliphatic rings. The summed E-state index contributed by atoms with van der Waals surface area (Å²) in [5, 5.41) is 30.1. The average molecular weight is 368 g/mol. The maximum Gasteiger partial charge on any atom is 0.136 e. The number of para-hydroxylation sites is 1. The number of aliphatic hydroxyl groups excluding tert-OH is 3. The summed E-state index contributed by atoms with van der Waals surface area (Å²) in [6.45, 7) is 6.33. The fourth-order valence-electron chi connectivity index (χ4n) is 3.12. The second kappa shape index (κ2) is 10.1. The summed E-state index contributed by atoms with van der Waals surface area (Å²) in [6, 6.07) is 15.2. The van der Waals surface area contributed by atoms with Gasteiger partial charge in [0.25, 0.3) is 0 Å². The normalized spacial score (nSPS) is 12.4. The van der Waals surface area contributed by atoms with E-state index in [1.165, 1.54) is 0 Å². The standard InChI is InChI=1S/C23H28O4/c1-3-9-18-11-5-7-13-20(18)22(23(15-24,16-25)17-26)27-21-14-8-6-12-19(21)10-4-2/h3-8,11-14,22,24-26H,1-2,9-10,15-17H2. The molecule has 0 heterocycles. The minimum Gasteiger partial charge on any atom is -0.485 e. The average Bonchev–Trinajstić information content (AvgIpc) is 2.71. The molecular weight excluding hydrogens is 340 g/mol. The van der Waals surface area contributed by atoms with Crippen molar-refractivity contribution in [1.29, 1.82) is 0 Å². The Labute approximate surface area is 161 Å². The van der Waals surface area contributed by atoms with Gasteiger partial charge in [-0.1, -0.05) is 54.6 Å². The topological polar surface area (TPSA) is 69.9 Å². The number of rotatable bonds is 11. The summed E-state index contributed by atoms with van der Waals surface area (Å²) in [5.74, 6) is 0.635. The molecule has 0 aliphatic carbocycles. The highest BCUT2D eigenvalue weighted by Crippen LogP contribution is 2.40. The van der Waals surface area contributed by atoms with Crippen molar-refractivity contribution in [3.05, 3.63) is 90.5 Å². The van der Waals surface area contributed by atoms with Crippen LogP contribution in [0.3, 0.4) is 0 Å². The van der Waals surface area contributed by atoms with Crippen LogP contribution in [-0.2, 0) is 12.8 Å². The number of hydrogen-bond donors (Lipinski definition) is 3. The number of allylic oxidation sites excluding steroid dienone is 2. The number of ether oxygens (including phenoxy) is 1. The van der Waals surface area contributed by atoms with E-state index < -0.39 is 31.3 Å². The third kappa shape index (κ3) is 4.66. The molecule has 0 radical (unpaired) electrons. The zero-order valence-corrected chi connectivity index (χ0v) is 15.6. The minimum atomic E-state index is -1.24. The van der Waals surface area contributed by atoms with Crippen LogP contribution in [-0.4, -0.2) is 35.1 Å². The zero-order valence-electron chi connectivity index (χ0n) is 15.6. The Balaban J connectivity index is 2.58. The van der Waals surface area contributed by atoms with Crippen molar-refractivity contribution in [2.75, 3.05) is 19.8 Å². The highest BCUT2D eigenvalue weighted by atomic mass is 16.5. The van der Waals surface area contributed by atoms with Crippen LogP contribution in [0.4, 0.5) is 0 Å². The summed E-state index contributed by atoms with van der Waals surface area (Å²) in [5.41, 5.74) is 1.49. The fourth-order valence-corrected chi connectivity index (χ4v) is 3.12. The molecule has 0 saturated carbocycles. The Bertz CT molecular complexity index is 741. The number of benzene rings is 2. The molecule has 0 fully saturated rings. The lowest BCUT2D eigenvalue weighted by molar-refractivity contribution is -0.0747. The first-order valence-corrected chi connectivity index (χ1v) is 9.02. The van der Waals surface area contributed by atoms with Crippen molar-refractivity contribution in [3.63, 3.8) is 0 Å². The van der Waals surface area contributed by atoms with E-state index in [1.807, 2.05) is 48.5 Å². The molecule has 144 valence electrons. The summed E-state index contributed by atoms with van der Waals surface area (Å²) in [7, 11) is 0. The van der Waals surface area contributed by atoms with Crippen LogP contribution in [0.15, 0.2) is 73.8 Å². The van der Waals surface area contributed by atoms with E-state index in [1.54, 1.807) is 12.2 Å². The van der Waals surface area contributed by atoms with E-state index >= 15 is 0 Å². The summed E-state index contributed by atoms with van der Waals surface area (Å²) in [6.07, 6.45) is 4.09. The van der Waals surface area contributed by atoms with Crippen LogP contribution in [0.25, 0.3) is 0 Å². The molecule has 2 aromatic carbocycles. The third-order valence-corrected chi connectivity index (χ3v) is 4.78. The van der Waals surface area contributed by atoms with Crippen LogP contribution in [0.2, 0.25) is 0 Å². The second-order valence-corrected chi connectivity index (χ2v) is 6.63. The Hall–Kier alpha value is -2.40. The molecule has 4 nitrogen and oxygen atoms in total. The van der Waals surface area contributed by atoms with Gasteiger partial charge in [0, 0.05) is 0 Å². The molecule has 0 aromatic heterocycles. The van der Waals surface area contributed by atoms with Crippen molar-refractivity contribution in [2.45, 2.75) is 18.9 Å². The summed E-state index contributed by atoms with van der Waals surface area (Å²) >= 11 is 0. The maximum atomic E-state index is 10.0. The lowest BCUT2D eigenvalue weighted by Gasteiger charge is -2.38. The van der Waals surface area contributed by atoms with Gasteiger partial charge < -0.3 is 20.1 Å². The van der Waals surface area contributed by atoms with E-state index in [0.29, 0.717) is 18.6 Å². The van der Waals surface area contributed by atoms with Gasteiger partial charge in [-0.25, -0.2) is 0 Å². The molecule has 4 heteroatoms. The molecule has 0 bridgehead atoms. The molecule has 3 N–H and O–H groups in total. The molecule has 27 heavy (non-hydrogen) atoms. The van der Waals surface area contributed by atoms with Gasteiger partial charge >= 0.3 is 0 Å². The highest BCUT2D eigenvalue weighted by Gasteiger charge is 2.41. The first kappa shape index (κ1) is 20.9. The van der Waals surface area contributed by atoms with Gasteiger partial charge in [-0.3, -0.25) is 0 Å². The van der Waals surface area contributed by atoms with Crippen molar-refractivity contribution >= 4 is 0 Å². The van der Waals surface area contributed by atoms with E-state index in [2.05, 4.69) is 13.2 Å². The first-order valence-electron chi connectivity index (χ1n) is 9.02. The summed E-state index contributed by atoms with van der Waals surface area (Å²) in [4.78, 5) is 0. The second-order valence-electron chi connectivity index (χ2n) is 6.63. The van der Waals surface area contributed by atoms with Crippen molar-refractivity contribution in [2.24, 2.45) is 5.41 Å². The van der Waals surface area contributed by atoms with Crippen LogP contribution < -0.4 is 4.74 Å². The van der Waals surface area contributed by atoms with E-state index in [0.717, 1.165) is 16.7 Å². The van der Waals surface area contributed by atoms with Gasteiger partial charge in [0.15, 0.2) is 0 Å². The smallest absolute Gasteiger partial charge is 0.136 e.